The van der Waals surface area contributed by atoms with Crippen molar-refractivity contribution in [2.75, 3.05) is 18.4 Å². The maximum absolute atomic E-state index is 11.8. The topological polar surface area (TPSA) is 50.4 Å². The van der Waals surface area contributed by atoms with Gasteiger partial charge in [0.2, 0.25) is 5.91 Å². The zero-order valence-electron chi connectivity index (χ0n) is 10.0. The van der Waals surface area contributed by atoms with Crippen LogP contribution in [0.15, 0.2) is 18.2 Å². The van der Waals surface area contributed by atoms with Crippen molar-refractivity contribution in [3.8, 4) is 5.75 Å². The summed E-state index contributed by atoms with van der Waals surface area (Å²) in [7, 11) is 0. The molecule has 0 atom stereocenters. The molecule has 0 spiro atoms. The van der Waals surface area contributed by atoms with Crippen molar-refractivity contribution in [2.24, 2.45) is 0 Å². The van der Waals surface area contributed by atoms with Crippen LogP contribution in [0.5, 0.6) is 5.75 Å². The van der Waals surface area contributed by atoms with Crippen molar-refractivity contribution < 1.29 is 9.53 Å². The highest BCUT2D eigenvalue weighted by atomic mass is 16.5. The van der Waals surface area contributed by atoms with Gasteiger partial charge in [-0.1, -0.05) is 0 Å². The Kier molecular flexibility index (Phi) is 2.16. The Morgan fingerprint density at radius 1 is 1.35 bits per heavy atom. The molecule has 1 saturated heterocycles. The van der Waals surface area contributed by atoms with E-state index in [2.05, 4.69) is 10.6 Å². The molecule has 0 bridgehead atoms. The molecule has 1 fully saturated rings. The quantitative estimate of drug-likeness (QED) is 0.807. The number of benzene rings is 1. The van der Waals surface area contributed by atoms with Gasteiger partial charge in [0.1, 0.15) is 11.9 Å². The molecule has 1 aromatic carbocycles. The average molecular weight is 232 g/mol. The Bertz CT molecular complexity index is 478. The van der Waals surface area contributed by atoms with Crippen molar-refractivity contribution in [3.63, 3.8) is 0 Å². The third-order valence-corrected chi connectivity index (χ3v) is 3.53. The first-order valence-corrected chi connectivity index (χ1v) is 5.91. The molecule has 1 aromatic rings. The minimum atomic E-state index is -0.466. The molecular formula is C13H16N2O2. The largest absolute Gasteiger partial charge is 0.488 e. The highest BCUT2D eigenvalue weighted by Gasteiger charge is 2.38. The first-order chi connectivity index (χ1) is 8.07. The number of hydrogen-bond acceptors (Lipinski definition) is 3. The average Bonchev–Trinajstić information content (AvgIpc) is 2.45. The molecule has 90 valence electrons. The molecule has 0 saturated carbocycles. The van der Waals surface area contributed by atoms with E-state index in [9.17, 15) is 4.79 Å². The Labute approximate surface area is 100 Å². The number of nitrogens with one attached hydrogen (secondary N) is 2. The van der Waals surface area contributed by atoms with Gasteiger partial charge >= 0.3 is 0 Å². The van der Waals surface area contributed by atoms with Crippen LogP contribution in [0.2, 0.25) is 0 Å². The highest BCUT2D eigenvalue weighted by molar-refractivity contribution is 6.05. The maximum atomic E-state index is 11.8. The number of rotatable bonds is 2. The van der Waals surface area contributed by atoms with Crippen LogP contribution >= 0.6 is 0 Å². The fourth-order valence-corrected chi connectivity index (χ4v) is 2.16. The van der Waals surface area contributed by atoms with E-state index in [1.165, 1.54) is 0 Å². The number of amides is 1. The lowest BCUT2D eigenvalue weighted by Crippen LogP contribution is -2.50. The van der Waals surface area contributed by atoms with E-state index in [4.69, 9.17) is 4.74 Å². The summed E-state index contributed by atoms with van der Waals surface area (Å²) in [6.45, 7) is 5.67. The molecular weight excluding hydrogens is 216 g/mol. The smallest absolute Gasteiger partial charge is 0.234 e. The van der Waals surface area contributed by atoms with Crippen LogP contribution in [0.4, 0.5) is 5.69 Å². The van der Waals surface area contributed by atoms with Crippen LogP contribution in [0.25, 0.3) is 0 Å². The van der Waals surface area contributed by atoms with Gasteiger partial charge in [-0.2, -0.15) is 0 Å². The molecule has 2 N–H and O–H groups in total. The SMILES string of the molecule is CC1(C)C(=O)Nc2ccc(OC3CNC3)cc21. The maximum Gasteiger partial charge on any atom is 0.234 e. The summed E-state index contributed by atoms with van der Waals surface area (Å²) in [5.74, 6) is 0.898. The second-order valence-electron chi connectivity index (χ2n) is 5.18. The zero-order chi connectivity index (χ0) is 12.0. The van der Waals surface area contributed by atoms with E-state index in [0.29, 0.717) is 0 Å². The number of hydrogen-bond donors (Lipinski definition) is 2. The fourth-order valence-electron chi connectivity index (χ4n) is 2.16. The van der Waals surface area contributed by atoms with Crippen molar-refractivity contribution in [1.29, 1.82) is 0 Å². The molecule has 0 aliphatic carbocycles. The molecule has 4 heteroatoms. The molecule has 2 aliphatic rings. The molecule has 0 aromatic heterocycles. The summed E-state index contributed by atoms with van der Waals surface area (Å²) in [4.78, 5) is 11.8. The molecule has 1 amide bonds. The van der Waals surface area contributed by atoms with Crippen LogP contribution in [-0.4, -0.2) is 25.1 Å². The van der Waals surface area contributed by atoms with Crippen molar-refractivity contribution >= 4 is 11.6 Å². The number of fused-ring (bicyclic) bond motifs is 1. The molecule has 17 heavy (non-hydrogen) atoms. The standard InChI is InChI=1S/C13H16N2O2/c1-13(2)10-5-8(17-9-6-14-7-9)3-4-11(10)15-12(13)16/h3-5,9,14H,6-7H2,1-2H3,(H,15,16). The van der Waals surface area contributed by atoms with E-state index < -0.39 is 5.41 Å². The summed E-state index contributed by atoms with van der Waals surface area (Å²) in [5.41, 5.74) is 1.46. The number of anilines is 1. The minimum Gasteiger partial charge on any atom is -0.488 e. The van der Waals surface area contributed by atoms with E-state index in [1.807, 2.05) is 32.0 Å². The summed E-state index contributed by atoms with van der Waals surface area (Å²) in [6, 6.07) is 5.81. The van der Waals surface area contributed by atoms with Gasteiger partial charge in [0.15, 0.2) is 0 Å². The van der Waals surface area contributed by atoms with E-state index in [0.717, 1.165) is 30.1 Å². The van der Waals surface area contributed by atoms with Crippen LogP contribution in [-0.2, 0) is 10.2 Å². The van der Waals surface area contributed by atoms with Gasteiger partial charge in [-0.3, -0.25) is 4.79 Å². The Morgan fingerprint density at radius 2 is 2.12 bits per heavy atom. The number of ether oxygens (including phenoxy) is 1. The van der Waals surface area contributed by atoms with Gasteiger partial charge < -0.3 is 15.4 Å². The van der Waals surface area contributed by atoms with E-state index in [-0.39, 0.29) is 12.0 Å². The lowest BCUT2D eigenvalue weighted by Gasteiger charge is -2.28. The zero-order valence-corrected chi connectivity index (χ0v) is 10.0. The van der Waals surface area contributed by atoms with Crippen LogP contribution < -0.4 is 15.4 Å². The minimum absolute atomic E-state index is 0.0509. The lowest BCUT2D eigenvalue weighted by molar-refractivity contribution is -0.119. The monoisotopic (exact) mass is 232 g/mol. The summed E-state index contributed by atoms with van der Waals surface area (Å²) in [5, 5.41) is 6.05. The first kappa shape index (κ1) is 10.6. The van der Waals surface area contributed by atoms with Crippen molar-refractivity contribution in [2.45, 2.75) is 25.4 Å². The summed E-state index contributed by atoms with van der Waals surface area (Å²) >= 11 is 0. The third-order valence-electron chi connectivity index (χ3n) is 3.53. The summed E-state index contributed by atoms with van der Waals surface area (Å²) in [6.07, 6.45) is 0.265. The van der Waals surface area contributed by atoms with Crippen LogP contribution in [0, 0.1) is 0 Å². The molecule has 2 heterocycles. The molecule has 4 nitrogen and oxygen atoms in total. The van der Waals surface area contributed by atoms with Crippen molar-refractivity contribution in [1.82, 2.24) is 5.32 Å². The predicted molar refractivity (Wildman–Crippen MR) is 65.4 cm³/mol. The normalized spacial score (nSPS) is 21.6. The second kappa shape index (κ2) is 3.47. The third kappa shape index (κ3) is 1.60. The van der Waals surface area contributed by atoms with Gasteiger partial charge in [-0.05, 0) is 37.6 Å². The number of carbonyl (C=O) groups is 1. The molecule has 0 unspecified atom stereocenters. The van der Waals surface area contributed by atoms with Crippen LogP contribution in [0.1, 0.15) is 19.4 Å². The molecule has 3 rings (SSSR count). The highest BCUT2D eigenvalue weighted by Crippen LogP contribution is 2.39. The van der Waals surface area contributed by atoms with E-state index >= 15 is 0 Å². The number of carbonyl (C=O) groups excluding carboxylic acids is 1. The first-order valence-electron chi connectivity index (χ1n) is 5.91. The Hall–Kier alpha value is -1.55. The van der Waals surface area contributed by atoms with Gasteiger partial charge in [-0.25, -0.2) is 0 Å². The Morgan fingerprint density at radius 3 is 2.76 bits per heavy atom. The fraction of sp³-hybridized carbons (Fsp3) is 0.462. The predicted octanol–water partition coefficient (Wildman–Crippen LogP) is 1.27. The van der Waals surface area contributed by atoms with Gasteiger partial charge in [0.25, 0.3) is 0 Å². The van der Waals surface area contributed by atoms with Crippen LogP contribution in [0.3, 0.4) is 0 Å². The van der Waals surface area contributed by atoms with E-state index in [1.54, 1.807) is 0 Å². The van der Waals surface area contributed by atoms with Gasteiger partial charge in [-0.15, -0.1) is 0 Å². The Balaban J connectivity index is 1.91. The van der Waals surface area contributed by atoms with Gasteiger partial charge in [0, 0.05) is 18.8 Å². The second-order valence-corrected chi connectivity index (χ2v) is 5.18. The molecule has 0 radical (unpaired) electrons. The lowest BCUT2D eigenvalue weighted by atomic mass is 9.86. The summed E-state index contributed by atoms with van der Waals surface area (Å²) < 4.78 is 5.80. The van der Waals surface area contributed by atoms with Gasteiger partial charge in [0.05, 0.1) is 5.41 Å². The molecule has 2 aliphatic heterocycles. The van der Waals surface area contributed by atoms with Crippen molar-refractivity contribution in [3.05, 3.63) is 23.8 Å².